The molecule has 1 N–H and O–H groups in total. The molecule has 1 aliphatic heterocycles. The lowest BCUT2D eigenvalue weighted by atomic mass is 10.1. The summed E-state index contributed by atoms with van der Waals surface area (Å²) < 4.78 is 43.3. The van der Waals surface area contributed by atoms with Gasteiger partial charge in [-0.15, -0.1) is 0 Å². The normalized spacial score (nSPS) is 19.6. The zero-order valence-electron chi connectivity index (χ0n) is 16.7. The van der Waals surface area contributed by atoms with Gasteiger partial charge in [0, 0.05) is 37.8 Å². The molecule has 1 atom stereocenters. The fourth-order valence-corrected chi connectivity index (χ4v) is 3.46. The topological polar surface area (TPSA) is 74.5 Å². The number of nitrogens with one attached hydrogen (secondary N) is 1. The number of hydrogen-bond donors (Lipinski definition) is 1. The molecule has 1 saturated carbocycles. The minimum Gasteiger partial charge on any atom is -0.352 e. The van der Waals surface area contributed by atoms with Gasteiger partial charge in [0.15, 0.2) is 0 Å². The number of piperazine rings is 1. The van der Waals surface area contributed by atoms with Gasteiger partial charge in [0.2, 0.25) is 17.6 Å². The quantitative estimate of drug-likeness (QED) is 0.770. The van der Waals surface area contributed by atoms with Crippen molar-refractivity contribution in [2.45, 2.75) is 44.6 Å². The summed E-state index contributed by atoms with van der Waals surface area (Å²) in [7, 11) is 0. The molecule has 7 nitrogen and oxygen atoms in total. The van der Waals surface area contributed by atoms with Gasteiger partial charge in [-0.05, 0) is 31.9 Å². The summed E-state index contributed by atoms with van der Waals surface area (Å²) >= 11 is 0. The van der Waals surface area contributed by atoms with Crippen LogP contribution in [-0.2, 0) is 17.5 Å². The van der Waals surface area contributed by atoms with Crippen LogP contribution in [0.25, 0.3) is 11.4 Å². The number of carbonyl (C=O) groups excluding carboxylic acids is 1. The van der Waals surface area contributed by atoms with Crippen LogP contribution in [0.3, 0.4) is 0 Å². The summed E-state index contributed by atoms with van der Waals surface area (Å²) in [4.78, 5) is 20.8. The van der Waals surface area contributed by atoms with Gasteiger partial charge in [-0.2, -0.15) is 18.2 Å². The molecule has 2 fully saturated rings. The van der Waals surface area contributed by atoms with E-state index in [4.69, 9.17) is 4.52 Å². The Morgan fingerprint density at radius 1 is 1.20 bits per heavy atom. The number of hydrogen-bond acceptors (Lipinski definition) is 6. The van der Waals surface area contributed by atoms with Crippen LogP contribution in [0.4, 0.5) is 13.2 Å². The maximum atomic E-state index is 12.7. The monoisotopic (exact) mass is 423 g/mol. The molecule has 10 heteroatoms. The molecule has 0 spiro atoms. The first-order valence-electron chi connectivity index (χ1n) is 10.1. The van der Waals surface area contributed by atoms with Crippen molar-refractivity contribution in [2.24, 2.45) is 0 Å². The van der Waals surface area contributed by atoms with Gasteiger partial charge in [-0.3, -0.25) is 14.6 Å². The molecule has 1 aromatic heterocycles. The summed E-state index contributed by atoms with van der Waals surface area (Å²) in [6, 6.07) is 4.89. The lowest BCUT2D eigenvalue weighted by molar-refractivity contribution is -0.137. The molecule has 1 unspecified atom stereocenters. The SMILES string of the molecule is CC(C(=O)NC1CC1)N1CCN(Cc2nc(-c3ccc(C(F)(F)F)cc3)no2)CC1. The maximum absolute atomic E-state index is 12.7. The van der Waals surface area contributed by atoms with Crippen molar-refractivity contribution in [2.75, 3.05) is 26.2 Å². The summed E-state index contributed by atoms with van der Waals surface area (Å²) in [6.07, 6.45) is -2.23. The fraction of sp³-hybridized carbons (Fsp3) is 0.550. The predicted octanol–water partition coefficient (Wildman–Crippen LogP) is 2.54. The third kappa shape index (κ3) is 4.99. The smallest absolute Gasteiger partial charge is 0.352 e. The van der Waals surface area contributed by atoms with Crippen LogP contribution in [0.15, 0.2) is 28.8 Å². The zero-order chi connectivity index (χ0) is 21.3. The molecule has 0 radical (unpaired) electrons. The van der Waals surface area contributed by atoms with Crippen molar-refractivity contribution in [3.05, 3.63) is 35.7 Å². The number of rotatable bonds is 6. The molecular formula is C20H24F3N5O2. The van der Waals surface area contributed by atoms with Crippen LogP contribution in [0, 0.1) is 0 Å². The third-order valence-electron chi connectivity index (χ3n) is 5.56. The second-order valence-electron chi connectivity index (χ2n) is 7.86. The first kappa shape index (κ1) is 20.8. The van der Waals surface area contributed by atoms with Gasteiger partial charge in [0.25, 0.3) is 0 Å². The number of aromatic nitrogens is 2. The second-order valence-corrected chi connectivity index (χ2v) is 7.86. The standard InChI is InChI=1S/C20H24F3N5O2/c1-13(19(29)24-16-6-7-16)28-10-8-27(9-11-28)12-17-25-18(26-30-17)14-2-4-15(5-3-14)20(21,22)23/h2-5,13,16H,6-12H2,1H3,(H,24,29). The molecule has 2 heterocycles. The van der Waals surface area contributed by atoms with Gasteiger partial charge in [0.05, 0.1) is 18.2 Å². The van der Waals surface area contributed by atoms with E-state index in [0.717, 1.165) is 51.2 Å². The van der Waals surface area contributed by atoms with Crippen molar-refractivity contribution in [3.63, 3.8) is 0 Å². The van der Waals surface area contributed by atoms with E-state index in [9.17, 15) is 18.0 Å². The highest BCUT2D eigenvalue weighted by Gasteiger charge is 2.31. The Morgan fingerprint density at radius 2 is 1.87 bits per heavy atom. The summed E-state index contributed by atoms with van der Waals surface area (Å²) in [5.41, 5.74) is -0.244. The van der Waals surface area contributed by atoms with E-state index in [1.54, 1.807) is 0 Å². The van der Waals surface area contributed by atoms with Crippen molar-refractivity contribution < 1.29 is 22.5 Å². The molecule has 2 aliphatic rings. The number of amides is 1. The van der Waals surface area contributed by atoms with Gasteiger partial charge < -0.3 is 9.84 Å². The van der Waals surface area contributed by atoms with E-state index < -0.39 is 11.7 Å². The van der Waals surface area contributed by atoms with E-state index in [1.807, 2.05) is 6.92 Å². The Hall–Kier alpha value is -2.46. The minimum atomic E-state index is -4.38. The molecule has 4 rings (SSSR count). The van der Waals surface area contributed by atoms with E-state index in [0.29, 0.717) is 24.0 Å². The molecule has 1 amide bonds. The van der Waals surface area contributed by atoms with Crippen LogP contribution in [0.2, 0.25) is 0 Å². The largest absolute Gasteiger partial charge is 0.416 e. The average Bonchev–Trinajstić information content (AvgIpc) is 3.42. The van der Waals surface area contributed by atoms with E-state index in [-0.39, 0.29) is 17.8 Å². The van der Waals surface area contributed by atoms with Gasteiger partial charge in [-0.1, -0.05) is 17.3 Å². The molecule has 1 aliphatic carbocycles. The van der Waals surface area contributed by atoms with Crippen molar-refractivity contribution >= 4 is 5.91 Å². The van der Waals surface area contributed by atoms with Crippen molar-refractivity contribution in [3.8, 4) is 11.4 Å². The second kappa shape index (κ2) is 8.35. The van der Waals surface area contributed by atoms with Crippen LogP contribution < -0.4 is 5.32 Å². The Bertz CT molecular complexity index is 871. The lowest BCUT2D eigenvalue weighted by Gasteiger charge is -2.36. The molecule has 30 heavy (non-hydrogen) atoms. The minimum absolute atomic E-state index is 0.0871. The van der Waals surface area contributed by atoms with Crippen LogP contribution in [0.5, 0.6) is 0 Å². The first-order chi connectivity index (χ1) is 14.3. The van der Waals surface area contributed by atoms with E-state index >= 15 is 0 Å². The number of carbonyl (C=O) groups is 1. The van der Waals surface area contributed by atoms with Crippen molar-refractivity contribution in [1.82, 2.24) is 25.3 Å². The highest BCUT2D eigenvalue weighted by atomic mass is 19.4. The molecule has 1 aromatic carbocycles. The summed E-state index contributed by atoms with van der Waals surface area (Å²) in [6.45, 7) is 5.45. The summed E-state index contributed by atoms with van der Waals surface area (Å²) in [5.74, 6) is 0.768. The van der Waals surface area contributed by atoms with Gasteiger partial charge in [-0.25, -0.2) is 0 Å². The lowest BCUT2D eigenvalue weighted by Crippen LogP contribution is -2.53. The number of halogens is 3. The highest BCUT2D eigenvalue weighted by molar-refractivity contribution is 5.81. The van der Waals surface area contributed by atoms with Crippen molar-refractivity contribution in [1.29, 1.82) is 0 Å². The highest BCUT2D eigenvalue weighted by Crippen LogP contribution is 2.30. The Balaban J connectivity index is 1.29. The number of alkyl halides is 3. The number of benzene rings is 1. The molecule has 0 bridgehead atoms. The van der Waals surface area contributed by atoms with E-state index in [1.165, 1.54) is 12.1 Å². The van der Waals surface area contributed by atoms with Crippen LogP contribution in [-0.4, -0.2) is 64.1 Å². The van der Waals surface area contributed by atoms with Crippen LogP contribution in [0.1, 0.15) is 31.2 Å². The molecule has 2 aromatic rings. The Labute approximate surface area is 172 Å². The van der Waals surface area contributed by atoms with E-state index in [2.05, 4.69) is 25.3 Å². The van der Waals surface area contributed by atoms with Gasteiger partial charge >= 0.3 is 6.18 Å². The third-order valence-corrected chi connectivity index (χ3v) is 5.56. The van der Waals surface area contributed by atoms with Gasteiger partial charge in [0.1, 0.15) is 0 Å². The Morgan fingerprint density at radius 3 is 2.47 bits per heavy atom. The van der Waals surface area contributed by atoms with Crippen LogP contribution >= 0.6 is 0 Å². The average molecular weight is 423 g/mol. The molecule has 1 saturated heterocycles. The maximum Gasteiger partial charge on any atom is 0.416 e. The fourth-order valence-electron chi connectivity index (χ4n) is 3.46. The predicted molar refractivity (Wildman–Crippen MR) is 102 cm³/mol. The summed E-state index contributed by atoms with van der Waals surface area (Å²) in [5, 5.41) is 6.93. The molecular weight excluding hydrogens is 399 g/mol. The Kier molecular flexibility index (Phi) is 5.79. The zero-order valence-corrected chi connectivity index (χ0v) is 16.7. The molecule has 162 valence electrons. The first-order valence-corrected chi connectivity index (χ1v) is 10.1. The number of nitrogens with zero attached hydrogens (tertiary/aromatic N) is 4.